The summed E-state index contributed by atoms with van der Waals surface area (Å²) in [4.78, 5) is 36.3. The Morgan fingerprint density at radius 3 is 2.22 bits per heavy atom. The first-order valence-corrected chi connectivity index (χ1v) is 21.1. The molecule has 2 amide bonds. The second-order valence-corrected chi connectivity index (χ2v) is 19.3. The van der Waals surface area contributed by atoms with Crippen molar-refractivity contribution in [1.82, 2.24) is 15.4 Å². The minimum Gasteiger partial charge on any atom is -0.389 e. The van der Waals surface area contributed by atoms with E-state index >= 15 is 0 Å². The van der Waals surface area contributed by atoms with Gasteiger partial charge in [-0.1, -0.05) is 75.8 Å². The van der Waals surface area contributed by atoms with Crippen molar-refractivity contribution < 1.29 is 36.6 Å². The fourth-order valence-corrected chi connectivity index (χ4v) is 8.72. The van der Waals surface area contributed by atoms with E-state index in [0.717, 1.165) is 44.1 Å². The molecule has 13 nitrogen and oxygen atoms in total. The molecule has 0 aromatic heterocycles. The molecule has 15 heteroatoms. The van der Waals surface area contributed by atoms with Crippen LogP contribution in [0, 0.1) is 11.8 Å². The van der Waals surface area contributed by atoms with Crippen molar-refractivity contribution in [3.05, 3.63) is 35.9 Å². The predicted molar refractivity (Wildman–Crippen MR) is 196 cm³/mol. The van der Waals surface area contributed by atoms with Crippen LogP contribution >= 0.6 is 0 Å². The molecule has 3 rings (SSSR count). The SMILES string of the molecule is CCCCNS(=O)(=O)C[C@H](O)[C@H](O)[C@H](CC1CCCCC1)NC(=O)[C@H](CC1=NC=NC1)NC(=O)[C@H](Cc1ccccc1)CS(=O)(=O)C(C)(C)C. The largest absolute Gasteiger partial charge is 0.389 e. The number of hydrogen-bond acceptors (Lipinski definition) is 10. The third-order valence-corrected chi connectivity index (χ3v) is 13.5. The van der Waals surface area contributed by atoms with E-state index in [1.54, 1.807) is 45.0 Å². The van der Waals surface area contributed by atoms with Gasteiger partial charge < -0.3 is 20.8 Å². The predicted octanol–water partition coefficient (Wildman–Crippen LogP) is 2.31. The highest BCUT2D eigenvalue weighted by molar-refractivity contribution is 7.92. The zero-order valence-corrected chi connectivity index (χ0v) is 31.5. The topological polar surface area (TPSA) is 204 Å². The fourth-order valence-electron chi connectivity index (χ4n) is 6.21. The van der Waals surface area contributed by atoms with Gasteiger partial charge in [0.1, 0.15) is 18.5 Å². The highest BCUT2D eigenvalue weighted by atomic mass is 32.2. The molecule has 50 heavy (non-hydrogen) atoms. The molecule has 0 saturated heterocycles. The second kappa shape index (κ2) is 19.2. The Bertz CT molecular complexity index is 1520. The van der Waals surface area contributed by atoms with Gasteiger partial charge in [0.25, 0.3) is 0 Å². The first-order valence-electron chi connectivity index (χ1n) is 17.8. The summed E-state index contributed by atoms with van der Waals surface area (Å²) in [6.45, 7) is 7.08. The van der Waals surface area contributed by atoms with Gasteiger partial charge in [0.05, 0.1) is 40.9 Å². The van der Waals surface area contributed by atoms with Crippen LogP contribution in [0.4, 0.5) is 0 Å². The van der Waals surface area contributed by atoms with Gasteiger partial charge >= 0.3 is 0 Å². The molecule has 1 heterocycles. The molecule has 2 aliphatic rings. The molecule has 5 N–H and O–H groups in total. The number of amides is 2. The number of sulfone groups is 1. The van der Waals surface area contributed by atoms with Crippen molar-refractivity contribution >= 4 is 43.7 Å². The maximum absolute atomic E-state index is 14.1. The second-order valence-electron chi connectivity index (χ2n) is 14.6. The van der Waals surface area contributed by atoms with Gasteiger partial charge in [-0.05, 0) is 51.5 Å². The van der Waals surface area contributed by atoms with E-state index in [-0.39, 0.29) is 31.8 Å². The molecule has 0 bridgehead atoms. The minimum absolute atomic E-state index is 0.0217. The third-order valence-electron chi connectivity index (χ3n) is 9.41. The highest BCUT2D eigenvalue weighted by Crippen LogP contribution is 2.29. The lowest BCUT2D eigenvalue weighted by Gasteiger charge is -2.33. The van der Waals surface area contributed by atoms with Crippen molar-refractivity contribution in [1.29, 1.82) is 0 Å². The molecule has 5 atom stereocenters. The lowest BCUT2D eigenvalue weighted by molar-refractivity contribution is -0.131. The van der Waals surface area contributed by atoms with Crippen molar-refractivity contribution in [2.75, 3.05) is 24.6 Å². The van der Waals surface area contributed by atoms with Crippen LogP contribution in [0.25, 0.3) is 0 Å². The summed E-state index contributed by atoms with van der Waals surface area (Å²) in [6, 6.07) is 6.81. The van der Waals surface area contributed by atoms with Crippen LogP contribution in [-0.2, 0) is 35.9 Å². The molecule has 1 aromatic rings. The van der Waals surface area contributed by atoms with Crippen molar-refractivity contribution in [3.63, 3.8) is 0 Å². The van der Waals surface area contributed by atoms with Crippen molar-refractivity contribution in [2.24, 2.45) is 21.8 Å². The van der Waals surface area contributed by atoms with Crippen LogP contribution in [0.1, 0.15) is 91.0 Å². The Morgan fingerprint density at radius 1 is 0.940 bits per heavy atom. The van der Waals surface area contributed by atoms with Crippen LogP contribution in [0.3, 0.4) is 0 Å². The van der Waals surface area contributed by atoms with E-state index in [1.807, 2.05) is 13.0 Å². The van der Waals surface area contributed by atoms with Gasteiger partial charge in [0.2, 0.25) is 21.8 Å². The number of unbranched alkanes of at least 4 members (excludes halogenated alkanes) is 1. The molecule has 1 saturated carbocycles. The van der Waals surface area contributed by atoms with Crippen LogP contribution in [0.5, 0.6) is 0 Å². The number of benzene rings is 1. The normalized spacial score (nSPS) is 18.9. The summed E-state index contributed by atoms with van der Waals surface area (Å²) < 4.78 is 53.2. The van der Waals surface area contributed by atoms with E-state index in [0.29, 0.717) is 18.6 Å². The highest BCUT2D eigenvalue weighted by Gasteiger charge is 2.38. The molecule has 1 aliphatic carbocycles. The van der Waals surface area contributed by atoms with Gasteiger partial charge in [-0.25, -0.2) is 26.6 Å². The summed E-state index contributed by atoms with van der Waals surface area (Å²) in [7, 11) is -7.65. The molecule has 1 aliphatic heterocycles. The monoisotopic (exact) mass is 739 g/mol. The van der Waals surface area contributed by atoms with E-state index in [2.05, 4.69) is 25.3 Å². The van der Waals surface area contributed by atoms with Gasteiger partial charge in [-0.3, -0.25) is 14.6 Å². The molecule has 1 aromatic carbocycles. The molecular formula is C35H57N5O8S2. The summed E-state index contributed by atoms with van der Waals surface area (Å²) in [5, 5.41) is 27.9. The maximum Gasteiger partial charge on any atom is 0.243 e. The average Bonchev–Trinajstić information content (AvgIpc) is 3.57. The number of aliphatic hydroxyl groups is 2. The standard InChI is InChI=1S/C35H57N5O8S2/c1-5-6-17-38-50(47,48)23-31(41)32(42)29(19-26-15-11-8-12-16-26)39-34(44)30(20-28-21-36-24-37-28)40-33(43)27(18-25-13-9-7-10-14-25)22-49(45,46)35(2,3)4/h7,9-10,13-14,24,26-27,29-32,38,41-42H,5-6,8,11-12,15-23H2,1-4H3,(H,39,44)(H,40,43)/t27-,29+,30+,31+,32-/m1/s1. The Labute approximate surface area is 298 Å². The number of sulfonamides is 1. The quantitative estimate of drug-likeness (QED) is 0.125. The molecule has 282 valence electrons. The first kappa shape index (κ1) is 41.7. The number of nitrogens with one attached hydrogen (secondary N) is 3. The minimum atomic E-state index is -3.91. The summed E-state index contributed by atoms with van der Waals surface area (Å²) >= 11 is 0. The zero-order chi connectivity index (χ0) is 37.0. The van der Waals surface area contributed by atoms with Crippen LogP contribution in [0.15, 0.2) is 40.3 Å². The Morgan fingerprint density at radius 2 is 1.62 bits per heavy atom. The van der Waals surface area contributed by atoms with Gasteiger partial charge in [0, 0.05) is 18.7 Å². The van der Waals surface area contributed by atoms with E-state index in [4.69, 9.17) is 0 Å². The van der Waals surface area contributed by atoms with Crippen LogP contribution in [0.2, 0.25) is 0 Å². The first-order chi connectivity index (χ1) is 23.5. The van der Waals surface area contributed by atoms with Crippen LogP contribution < -0.4 is 15.4 Å². The molecule has 0 unspecified atom stereocenters. The number of aliphatic imine (C=N–C) groups is 2. The Kier molecular flexibility index (Phi) is 16.0. The number of carbonyl (C=O) groups excluding carboxylic acids is 2. The lowest BCUT2D eigenvalue weighted by atomic mass is 9.83. The summed E-state index contributed by atoms with van der Waals surface area (Å²) in [5.41, 5.74) is 1.29. The van der Waals surface area contributed by atoms with E-state index in [9.17, 15) is 36.6 Å². The van der Waals surface area contributed by atoms with Gasteiger partial charge in [-0.2, -0.15) is 0 Å². The number of hydrogen-bond donors (Lipinski definition) is 5. The van der Waals surface area contributed by atoms with Crippen molar-refractivity contribution in [3.8, 4) is 0 Å². The van der Waals surface area contributed by atoms with Gasteiger partial charge in [0.15, 0.2) is 9.84 Å². The summed E-state index contributed by atoms with van der Waals surface area (Å²) in [5.74, 6) is -3.36. The van der Waals surface area contributed by atoms with E-state index in [1.165, 1.54) is 6.34 Å². The molecule has 0 radical (unpaired) electrons. The maximum atomic E-state index is 14.1. The number of carbonyl (C=O) groups is 2. The third kappa shape index (κ3) is 13.4. The number of nitrogens with zero attached hydrogens (tertiary/aromatic N) is 2. The molecular weight excluding hydrogens is 683 g/mol. The lowest BCUT2D eigenvalue weighted by Crippen LogP contribution is -2.57. The van der Waals surface area contributed by atoms with E-state index < -0.39 is 78.1 Å². The van der Waals surface area contributed by atoms with Gasteiger partial charge in [-0.15, -0.1) is 0 Å². The molecule has 0 spiro atoms. The Hall–Kier alpha value is -2.72. The number of rotatable bonds is 20. The van der Waals surface area contributed by atoms with Crippen LogP contribution in [-0.4, -0.2) is 105 Å². The fraction of sp³-hybridized carbons (Fsp3) is 0.714. The van der Waals surface area contributed by atoms with Crippen molar-refractivity contribution in [2.45, 2.75) is 121 Å². The summed E-state index contributed by atoms with van der Waals surface area (Å²) in [6.07, 6.45) is 4.63. The zero-order valence-electron chi connectivity index (χ0n) is 29.9. The molecule has 1 fully saturated rings. The average molecular weight is 740 g/mol. The Balaban J connectivity index is 1.87. The smallest absolute Gasteiger partial charge is 0.243 e. The number of aliphatic hydroxyl groups excluding tert-OH is 2.